The Morgan fingerprint density at radius 3 is 1.00 bits per heavy atom. The number of carboxylic acids is 3. The molecule has 0 aliphatic carbocycles. The van der Waals surface area contributed by atoms with Crippen LogP contribution in [0.25, 0.3) is 0 Å². The Hall–Kier alpha value is 0.590. The van der Waals surface area contributed by atoms with E-state index in [1.807, 2.05) is 0 Å². The van der Waals surface area contributed by atoms with Gasteiger partial charge in [-0.3, -0.25) is 18.7 Å². The van der Waals surface area contributed by atoms with Gasteiger partial charge < -0.3 is 49.8 Å². The topological polar surface area (TPSA) is 293 Å². The van der Waals surface area contributed by atoms with Gasteiger partial charge in [-0.05, 0) is 0 Å². The summed E-state index contributed by atoms with van der Waals surface area (Å²) in [7, 11) is -9.78. The molecule has 25 heavy (non-hydrogen) atoms. The molecule has 0 atom stereocenters. The molecular weight excluding hydrogens is 420 g/mol. The molecule has 0 radical (unpaired) electrons. The molecule has 0 aromatic carbocycles. The Bertz CT molecular complexity index is 456. The summed E-state index contributed by atoms with van der Waals surface area (Å²) in [6.45, 7) is 0. The van der Waals surface area contributed by atoms with Gasteiger partial charge in [-0.15, -0.1) is 0 Å². The Morgan fingerprint density at radius 1 is 0.760 bits per heavy atom. The van der Waals surface area contributed by atoms with E-state index in [4.69, 9.17) is 58.9 Å². The normalized spacial score (nSPS) is 10.4. The van der Waals surface area contributed by atoms with Gasteiger partial charge in [0.2, 0.25) is 0 Å². The van der Waals surface area contributed by atoms with E-state index in [1.165, 1.54) is 0 Å². The first-order valence-electron chi connectivity index (χ1n) is 4.70. The number of aliphatic hydroxyl groups is 1. The summed E-state index contributed by atoms with van der Waals surface area (Å²) in [4.78, 5) is 76.3. The van der Waals surface area contributed by atoms with Gasteiger partial charge in [-0.25, -0.2) is 4.79 Å². The Morgan fingerprint density at radius 2 is 0.920 bits per heavy atom. The maximum Gasteiger partial charge on any atom is 1.00 e. The van der Waals surface area contributed by atoms with Gasteiger partial charge in [-0.1, -0.05) is 0 Å². The minimum Gasteiger partial charge on any atom is -0.756 e. The van der Waals surface area contributed by atoms with E-state index in [0.717, 1.165) is 0 Å². The second-order valence-electron chi connectivity index (χ2n) is 3.46. The number of aliphatic carboxylic acids is 3. The van der Waals surface area contributed by atoms with Crippen molar-refractivity contribution in [3.05, 3.63) is 0 Å². The molecule has 19 heteroatoms. The number of phosphoric acid groups is 2. The monoisotopic (exact) mass is 432 g/mol. The summed E-state index contributed by atoms with van der Waals surface area (Å²) >= 11 is 0. The van der Waals surface area contributed by atoms with Gasteiger partial charge in [0.25, 0.3) is 15.6 Å². The zero-order chi connectivity index (χ0) is 19.6. The molecule has 138 valence electrons. The third-order valence-electron chi connectivity index (χ3n) is 1.29. The largest absolute Gasteiger partial charge is 1.00 e. The van der Waals surface area contributed by atoms with Crippen molar-refractivity contribution in [3.63, 3.8) is 0 Å². The standard InChI is InChI=1S/C6H8O7.2Na.2H3O4P/c7-3(8)1-6(13,5(11)12)2-4(9)10;;;2*1-5(2,3)4/h13H,1-2H2,(H,7,8)(H,9,10)(H,11,12);;;2*(H3,1,2,3,4)/q;2*+1;;/p-2. The van der Waals surface area contributed by atoms with Gasteiger partial charge in [-0.2, -0.15) is 0 Å². The van der Waals surface area contributed by atoms with E-state index < -0.39 is 52.0 Å². The van der Waals surface area contributed by atoms with E-state index in [1.54, 1.807) is 0 Å². The maximum absolute atomic E-state index is 10.3. The molecule has 0 fully saturated rings. The van der Waals surface area contributed by atoms with Crippen LogP contribution >= 0.6 is 15.6 Å². The molecule has 0 aliphatic rings. The molecule has 0 spiro atoms. The van der Waals surface area contributed by atoms with E-state index in [2.05, 4.69) is 0 Å². The average molecular weight is 432 g/mol. The zero-order valence-electron chi connectivity index (χ0n) is 12.7. The van der Waals surface area contributed by atoms with Crippen LogP contribution in [-0.4, -0.2) is 63.5 Å². The molecule has 0 saturated heterocycles. The third-order valence-corrected chi connectivity index (χ3v) is 1.29. The van der Waals surface area contributed by atoms with Gasteiger partial charge >= 0.3 is 77.0 Å². The van der Waals surface area contributed by atoms with Crippen LogP contribution in [0.15, 0.2) is 0 Å². The van der Waals surface area contributed by atoms with E-state index >= 15 is 0 Å². The fourth-order valence-corrected chi connectivity index (χ4v) is 0.714. The molecule has 0 amide bonds. The summed E-state index contributed by atoms with van der Waals surface area (Å²) in [5.74, 6) is -5.02. The van der Waals surface area contributed by atoms with Crippen LogP contribution in [0.3, 0.4) is 0 Å². The van der Waals surface area contributed by atoms with Crippen molar-refractivity contribution in [2.75, 3.05) is 0 Å². The molecule has 15 nitrogen and oxygen atoms in total. The summed E-state index contributed by atoms with van der Waals surface area (Å²) in [5, 5.41) is 33.8. The second-order valence-corrected chi connectivity index (χ2v) is 5.42. The van der Waals surface area contributed by atoms with Crippen LogP contribution in [0, 0.1) is 0 Å². The quantitative estimate of drug-likeness (QED) is 0.148. The van der Waals surface area contributed by atoms with Crippen molar-refractivity contribution in [1.82, 2.24) is 0 Å². The molecule has 0 aromatic heterocycles. The molecule has 0 saturated carbocycles. The minimum atomic E-state index is -4.89. The van der Waals surface area contributed by atoms with E-state index in [0.29, 0.717) is 0 Å². The fourth-order valence-electron chi connectivity index (χ4n) is 0.714. The molecule has 0 heterocycles. The molecule has 0 aliphatic heterocycles. The van der Waals surface area contributed by atoms with Crippen molar-refractivity contribution < 1.29 is 132 Å². The maximum atomic E-state index is 10.3. The van der Waals surface area contributed by atoms with Crippen LogP contribution in [-0.2, 0) is 23.5 Å². The van der Waals surface area contributed by atoms with Crippen LogP contribution in [0.1, 0.15) is 12.8 Å². The minimum absolute atomic E-state index is 0. The molecule has 0 unspecified atom stereocenters. The van der Waals surface area contributed by atoms with E-state index in [-0.39, 0.29) is 59.1 Å². The zero-order valence-corrected chi connectivity index (χ0v) is 18.5. The fraction of sp³-hybridized carbons (Fsp3) is 0.500. The van der Waals surface area contributed by atoms with Crippen LogP contribution in [0.2, 0.25) is 0 Å². The van der Waals surface area contributed by atoms with Gasteiger partial charge in [0.15, 0.2) is 5.60 Å². The predicted octanol–water partition coefficient (Wildman–Crippen LogP) is -10.4. The van der Waals surface area contributed by atoms with Gasteiger partial charge in [0.1, 0.15) is 0 Å². The summed E-state index contributed by atoms with van der Waals surface area (Å²) in [6, 6.07) is 0. The Balaban J connectivity index is -0.0000000933. The SMILES string of the molecule is O=C(O)CC(O)(CC(=O)O)C(=O)O.O=P([O-])(O)O.O=P([O-])(O)O.[Na+].[Na+]. The Labute approximate surface area is 183 Å². The molecule has 0 bridgehead atoms. The smallest absolute Gasteiger partial charge is 0.756 e. The molecule has 0 rings (SSSR count). The summed E-state index contributed by atoms with van der Waals surface area (Å²) < 4.78 is 17.5. The van der Waals surface area contributed by atoms with Crippen LogP contribution < -0.4 is 68.9 Å². The van der Waals surface area contributed by atoms with Crippen molar-refractivity contribution >= 4 is 33.6 Å². The van der Waals surface area contributed by atoms with E-state index in [9.17, 15) is 14.4 Å². The average Bonchev–Trinajstić information content (AvgIpc) is 2.07. The van der Waals surface area contributed by atoms with Gasteiger partial charge in [0.05, 0.1) is 12.8 Å². The van der Waals surface area contributed by atoms with Crippen molar-refractivity contribution in [1.29, 1.82) is 0 Å². The number of hydrogen-bond acceptors (Lipinski definition) is 8. The van der Waals surface area contributed by atoms with Crippen molar-refractivity contribution in [3.8, 4) is 0 Å². The number of carbonyl (C=O) groups is 3. The first-order valence-corrected chi connectivity index (χ1v) is 7.76. The number of rotatable bonds is 5. The number of carboxylic acid groups (broad SMARTS) is 3. The van der Waals surface area contributed by atoms with Crippen molar-refractivity contribution in [2.24, 2.45) is 0 Å². The first kappa shape index (κ1) is 36.5. The predicted molar refractivity (Wildman–Crippen MR) is 61.2 cm³/mol. The summed E-state index contributed by atoms with van der Waals surface area (Å²) in [6.07, 6.45) is -2.29. The van der Waals surface area contributed by atoms with Crippen LogP contribution in [0.5, 0.6) is 0 Å². The summed E-state index contributed by atoms with van der Waals surface area (Å²) in [5.41, 5.74) is -2.74. The molecular formula is C6H12Na2O15P2. The Kier molecular flexibility index (Phi) is 22.8. The molecule has 8 N–H and O–H groups in total. The first-order chi connectivity index (χ1) is 9.78. The van der Waals surface area contributed by atoms with Crippen molar-refractivity contribution in [2.45, 2.75) is 18.4 Å². The van der Waals surface area contributed by atoms with Crippen LogP contribution in [0.4, 0.5) is 0 Å². The second kappa shape index (κ2) is 15.6. The molecule has 0 aromatic rings. The van der Waals surface area contributed by atoms with Gasteiger partial charge in [0, 0.05) is 0 Å². The number of hydrogen-bond donors (Lipinski definition) is 8. The third kappa shape index (κ3) is 45.6.